The van der Waals surface area contributed by atoms with Gasteiger partial charge < -0.3 is 19.7 Å². The van der Waals surface area contributed by atoms with Gasteiger partial charge in [-0.05, 0) is 23.3 Å². The lowest BCUT2D eigenvalue weighted by Gasteiger charge is -2.23. The monoisotopic (exact) mass is 404 g/mol. The quantitative estimate of drug-likeness (QED) is 0.227. The topological polar surface area (TPSA) is 89.2 Å². The number of ether oxygens (including phenoxy) is 2. The van der Waals surface area contributed by atoms with E-state index in [1.165, 1.54) is 25.3 Å². The van der Waals surface area contributed by atoms with E-state index in [4.69, 9.17) is 9.47 Å². The van der Waals surface area contributed by atoms with E-state index in [1.807, 2.05) is 11.9 Å². The van der Waals surface area contributed by atoms with Crippen LogP contribution in [0, 0.1) is 15.9 Å². The zero-order valence-corrected chi connectivity index (χ0v) is 16.7. The van der Waals surface area contributed by atoms with Crippen LogP contribution >= 0.6 is 0 Å². The molecule has 0 amide bonds. The van der Waals surface area contributed by atoms with E-state index in [2.05, 4.69) is 10.3 Å². The van der Waals surface area contributed by atoms with E-state index in [0.29, 0.717) is 32.2 Å². The zero-order chi connectivity index (χ0) is 21.2. The van der Waals surface area contributed by atoms with E-state index in [1.54, 1.807) is 31.4 Å². The van der Waals surface area contributed by atoms with Crippen molar-refractivity contribution in [1.29, 1.82) is 0 Å². The van der Waals surface area contributed by atoms with Crippen LogP contribution in [0.15, 0.2) is 47.5 Å². The highest BCUT2D eigenvalue weighted by molar-refractivity contribution is 5.79. The number of hydrogen-bond donors (Lipinski definition) is 1. The van der Waals surface area contributed by atoms with Crippen LogP contribution < -0.4 is 10.1 Å². The highest BCUT2D eigenvalue weighted by Gasteiger charge is 2.10. The van der Waals surface area contributed by atoms with Crippen molar-refractivity contribution >= 4 is 11.6 Å². The normalized spacial score (nSPS) is 11.2. The number of aliphatic imine (C=N–C) groups is 1. The maximum Gasteiger partial charge on any atom is 0.269 e. The molecule has 0 fully saturated rings. The average Bonchev–Trinajstić information content (AvgIpc) is 2.71. The average molecular weight is 404 g/mol. The summed E-state index contributed by atoms with van der Waals surface area (Å²) in [6.07, 6.45) is 0. The number of halogens is 1. The lowest BCUT2D eigenvalue weighted by Crippen LogP contribution is -2.40. The number of rotatable bonds is 9. The maximum absolute atomic E-state index is 14.0. The maximum atomic E-state index is 14.0. The third-order valence-corrected chi connectivity index (χ3v) is 4.15. The summed E-state index contributed by atoms with van der Waals surface area (Å²) in [7, 11) is 4.88. The van der Waals surface area contributed by atoms with Crippen molar-refractivity contribution in [1.82, 2.24) is 10.2 Å². The largest absolute Gasteiger partial charge is 0.494 e. The first-order valence-electron chi connectivity index (χ1n) is 8.98. The van der Waals surface area contributed by atoms with Crippen LogP contribution in [0.4, 0.5) is 10.1 Å². The Bertz CT molecular complexity index is 843. The van der Waals surface area contributed by atoms with E-state index in [0.717, 1.165) is 11.1 Å². The minimum Gasteiger partial charge on any atom is -0.494 e. The zero-order valence-electron chi connectivity index (χ0n) is 16.7. The fraction of sp³-hybridized carbons (Fsp3) is 0.350. The fourth-order valence-electron chi connectivity index (χ4n) is 2.62. The predicted molar refractivity (Wildman–Crippen MR) is 109 cm³/mol. The van der Waals surface area contributed by atoms with Gasteiger partial charge >= 0.3 is 0 Å². The van der Waals surface area contributed by atoms with Crippen LogP contribution in [0.25, 0.3) is 0 Å². The number of methoxy groups -OCH3 is 2. The molecular formula is C20H25FN4O4. The van der Waals surface area contributed by atoms with Gasteiger partial charge in [0.25, 0.3) is 5.69 Å². The molecule has 0 bridgehead atoms. The number of nitro benzene ring substituents is 1. The van der Waals surface area contributed by atoms with Gasteiger partial charge in [0.15, 0.2) is 17.5 Å². The second kappa shape index (κ2) is 11.0. The van der Waals surface area contributed by atoms with E-state index >= 15 is 0 Å². The van der Waals surface area contributed by atoms with Crippen LogP contribution in [0.5, 0.6) is 5.75 Å². The standard InChI is InChI=1S/C20H25FN4O4/c1-24(14-16-6-9-19(29-3)18(21)12-16)20(22-10-11-28-2)23-13-15-4-7-17(8-5-15)25(26)27/h4-9,12H,10-11,13-14H2,1-3H3,(H,22,23). The molecule has 156 valence electrons. The van der Waals surface area contributed by atoms with E-state index in [9.17, 15) is 14.5 Å². The summed E-state index contributed by atoms with van der Waals surface area (Å²) in [6, 6.07) is 11.1. The molecule has 0 heterocycles. The number of nitrogens with zero attached hydrogens (tertiary/aromatic N) is 3. The number of nitro groups is 1. The Morgan fingerprint density at radius 2 is 1.90 bits per heavy atom. The number of benzene rings is 2. The van der Waals surface area contributed by atoms with Gasteiger partial charge in [0.1, 0.15) is 0 Å². The van der Waals surface area contributed by atoms with Crippen molar-refractivity contribution < 1.29 is 18.8 Å². The summed E-state index contributed by atoms with van der Waals surface area (Å²) < 4.78 is 24.0. The van der Waals surface area contributed by atoms with Crippen LogP contribution in [0.2, 0.25) is 0 Å². The van der Waals surface area contributed by atoms with Crippen LogP contribution in [0.3, 0.4) is 0 Å². The Morgan fingerprint density at radius 3 is 2.48 bits per heavy atom. The summed E-state index contributed by atoms with van der Waals surface area (Å²) in [5.41, 5.74) is 1.64. The molecule has 0 unspecified atom stereocenters. The molecular weight excluding hydrogens is 379 g/mol. The molecule has 8 nitrogen and oxygen atoms in total. The van der Waals surface area contributed by atoms with Crippen molar-refractivity contribution in [3.8, 4) is 5.75 Å². The van der Waals surface area contributed by atoms with Gasteiger partial charge in [0.05, 0.1) is 25.2 Å². The molecule has 2 aromatic rings. The number of guanidine groups is 1. The molecule has 0 aromatic heterocycles. The van der Waals surface area contributed by atoms with Gasteiger partial charge in [0, 0.05) is 39.4 Å². The number of nitrogens with one attached hydrogen (secondary N) is 1. The van der Waals surface area contributed by atoms with E-state index in [-0.39, 0.29) is 11.4 Å². The first-order valence-corrected chi connectivity index (χ1v) is 8.98. The van der Waals surface area contributed by atoms with Crippen LogP contribution in [-0.2, 0) is 17.8 Å². The highest BCUT2D eigenvalue weighted by Crippen LogP contribution is 2.18. The molecule has 2 rings (SSSR count). The molecule has 9 heteroatoms. The van der Waals surface area contributed by atoms with Gasteiger partial charge in [0.2, 0.25) is 0 Å². The second-order valence-corrected chi connectivity index (χ2v) is 6.31. The predicted octanol–water partition coefficient (Wildman–Crippen LogP) is 2.97. The Hall–Kier alpha value is -3.20. The molecule has 0 saturated carbocycles. The van der Waals surface area contributed by atoms with Gasteiger partial charge in [-0.1, -0.05) is 18.2 Å². The van der Waals surface area contributed by atoms with Crippen LogP contribution in [0.1, 0.15) is 11.1 Å². The summed E-state index contributed by atoms with van der Waals surface area (Å²) in [4.78, 5) is 16.8. The second-order valence-electron chi connectivity index (χ2n) is 6.31. The minimum atomic E-state index is -0.438. The molecule has 0 aliphatic heterocycles. The van der Waals surface area contributed by atoms with Crippen LogP contribution in [-0.4, -0.2) is 50.2 Å². The van der Waals surface area contributed by atoms with Crippen molar-refractivity contribution in [2.45, 2.75) is 13.1 Å². The van der Waals surface area contributed by atoms with Gasteiger partial charge in [-0.15, -0.1) is 0 Å². The molecule has 2 aromatic carbocycles. The van der Waals surface area contributed by atoms with Crippen molar-refractivity contribution in [2.75, 3.05) is 34.4 Å². The van der Waals surface area contributed by atoms with E-state index < -0.39 is 10.7 Å². The molecule has 1 N–H and O–H groups in total. The Balaban J connectivity index is 2.11. The fourth-order valence-corrected chi connectivity index (χ4v) is 2.62. The molecule has 0 atom stereocenters. The first kappa shape index (κ1) is 22.1. The molecule has 0 aliphatic carbocycles. The van der Waals surface area contributed by atoms with Gasteiger partial charge in [-0.2, -0.15) is 0 Å². The Kier molecular flexibility index (Phi) is 8.35. The van der Waals surface area contributed by atoms with Gasteiger partial charge in [-0.3, -0.25) is 10.1 Å². The SMILES string of the molecule is COCCNC(=NCc1ccc([N+](=O)[O-])cc1)N(C)Cc1ccc(OC)c(F)c1. The Labute approximate surface area is 169 Å². The van der Waals surface area contributed by atoms with Crippen molar-refractivity contribution in [3.05, 3.63) is 69.5 Å². The minimum absolute atomic E-state index is 0.0369. The molecule has 0 radical (unpaired) electrons. The molecule has 0 saturated heterocycles. The summed E-state index contributed by atoms with van der Waals surface area (Å²) in [5, 5.41) is 14.0. The first-order chi connectivity index (χ1) is 13.9. The third kappa shape index (κ3) is 6.72. The number of non-ortho nitro benzene ring substituents is 1. The number of hydrogen-bond acceptors (Lipinski definition) is 5. The van der Waals surface area contributed by atoms with Crippen molar-refractivity contribution in [2.24, 2.45) is 4.99 Å². The summed E-state index contributed by atoms with van der Waals surface area (Å²) in [5.74, 6) is 0.383. The lowest BCUT2D eigenvalue weighted by atomic mass is 10.2. The summed E-state index contributed by atoms with van der Waals surface area (Å²) >= 11 is 0. The third-order valence-electron chi connectivity index (χ3n) is 4.15. The van der Waals surface area contributed by atoms with Crippen molar-refractivity contribution in [3.63, 3.8) is 0 Å². The molecule has 29 heavy (non-hydrogen) atoms. The lowest BCUT2D eigenvalue weighted by molar-refractivity contribution is -0.384. The molecule has 0 aliphatic rings. The Morgan fingerprint density at radius 1 is 1.21 bits per heavy atom. The summed E-state index contributed by atoms with van der Waals surface area (Å²) in [6.45, 7) is 1.83. The smallest absolute Gasteiger partial charge is 0.269 e. The highest BCUT2D eigenvalue weighted by atomic mass is 19.1. The van der Waals surface area contributed by atoms with Gasteiger partial charge in [-0.25, -0.2) is 9.38 Å². The molecule has 0 spiro atoms.